The number of nitrogens with zero attached hydrogens (tertiary/aromatic N) is 2. The first kappa shape index (κ1) is 22.0. The van der Waals surface area contributed by atoms with Crippen LogP contribution in [0.4, 0.5) is 5.82 Å². The molecule has 1 fully saturated rings. The van der Waals surface area contributed by atoms with E-state index < -0.39 is 42.0 Å². The minimum Gasteiger partial charge on any atom is -0.466 e. The fourth-order valence-corrected chi connectivity index (χ4v) is 2.70. The van der Waals surface area contributed by atoms with Gasteiger partial charge in [0.2, 0.25) is 0 Å². The second-order valence-electron chi connectivity index (χ2n) is 6.04. The zero-order valence-corrected chi connectivity index (χ0v) is 16.0. The summed E-state index contributed by atoms with van der Waals surface area (Å²) < 4.78 is 21.4. The fourth-order valence-electron chi connectivity index (χ4n) is 2.70. The number of rotatable bonds is 7. The lowest BCUT2D eigenvalue weighted by molar-refractivity contribution is -0.153. The second-order valence-corrected chi connectivity index (χ2v) is 6.04. The third-order valence-corrected chi connectivity index (χ3v) is 3.90. The lowest BCUT2D eigenvalue weighted by Crippen LogP contribution is -2.34. The summed E-state index contributed by atoms with van der Waals surface area (Å²) in [6.07, 6.45) is 1.24. The van der Waals surface area contributed by atoms with Crippen molar-refractivity contribution in [1.29, 1.82) is 0 Å². The van der Waals surface area contributed by atoms with Gasteiger partial charge < -0.3 is 18.9 Å². The van der Waals surface area contributed by atoms with E-state index in [0.717, 1.165) is 10.6 Å². The van der Waals surface area contributed by atoms with Gasteiger partial charge in [0.15, 0.2) is 12.0 Å². The Hall–Kier alpha value is -3.25. The summed E-state index contributed by atoms with van der Waals surface area (Å²) >= 11 is 0. The van der Waals surface area contributed by atoms with Crippen LogP contribution in [-0.4, -0.2) is 58.6 Å². The van der Waals surface area contributed by atoms with Gasteiger partial charge in [-0.05, 0) is 6.08 Å². The summed E-state index contributed by atoms with van der Waals surface area (Å²) in [5.41, 5.74) is 1.11. The number of hydrogen-bond acceptors (Lipinski definition) is 11. The van der Waals surface area contributed by atoms with Crippen LogP contribution in [0.5, 0.6) is 0 Å². The Balaban J connectivity index is 2.38. The lowest BCUT2D eigenvalue weighted by Gasteiger charge is -2.21. The molecule has 2 heterocycles. The van der Waals surface area contributed by atoms with Gasteiger partial charge in [-0.2, -0.15) is 4.98 Å². The largest absolute Gasteiger partial charge is 0.466 e. The predicted octanol–water partition coefficient (Wildman–Crippen LogP) is 0.0129. The molecule has 0 spiro atoms. The van der Waals surface area contributed by atoms with Crippen molar-refractivity contribution in [2.45, 2.75) is 38.7 Å². The molecule has 2 N–H and O–H groups in total. The van der Waals surface area contributed by atoms with Gasteiger partial charge in [-0.15, -0.1) is 0 Å². The molecular formula is C17H21N3O9. The van der Waals surface area contributed by atoms with Gasteiger partial charge in [-0.25, -0.2) is 9.59 Å². The molecule has 0 aliphatic carbocycles. The average molecular weight is 411 g/mol. The molecule has 0 unspecified atom stereocenters. The molecule has 2 rings (SSSR count). The Bertz CT molecular complexity index is 864. The molecule has 3 atom stereocenters. The van der Waals surface area contributed by atoms with Gasteiger partial charge in [0.05, 0.1) is 13.2 Å². The summed E-state index contributed by atoms with van der Waals surface area (Å²) in [4.78, 5) is 49.9. The number of carbonyl (C=O) groups excluding carboxylic acids is 3. The number of anilines is 1. The van der Waals surface area contributed by atoms with E-state index in [2.05, 4.69) is 9.72 Å². The summed E-state index contributed by atoms with van der Waals surface area (Å²) in [7, 11) is 1.19. The van der Waals surface area contributed by atoms with E-state index in [-0.39, 0.29) is 24.4 Å². The maximum atomic E-state index is 12.4. The fraction of sp³-hybridized carbons (Fsp3) is 0.471. The first-order valence-electron chi connectivity index (χ1n) is 8.50. The van der Waals surface area contributed by atoms with Crippen molar-refractivity contribution in [3.8, 4) is 0 Å². The van der Waals surface area contributed by atoms with E-state index in [0.29, 0.717) is 0 Å². The molecule has 29 heavy (non-hydrogen) atoms. The predicted molar refractivity (Wildman–Crippen MR) is 95.7 cm³/mol. The molecule has 1 saturated heterocycles. The molecule has 1 aliphatic heterocycles. The van der Waals surface area contributed by atoms with Crippen molar-refractivity contribution < 1.29 is 38.5 Å². The van der Waals surface area contributed by atoms with Crippen molar-refractivity contribution in [1.82, 2.24) is 9.55 Å². The van der Waals surface area contributed by atoms with Crippen molar-refractivity contribution >= 4 is 29.8 Å². The van der Waals surface area contributed by atoms with Gasteiger partial charge in [-0.1, -0.05) is 0 Å². The molecule has 1 aromatic heterocycles. The second kappa shape index (κ2) is 9.80. The smallest absolute Gasteiger partial charge is 0.351 e. The molecule has 12 nitrogen and oxygen atoms in total. The van der Waals surface area contributed by atoms with Crippen molar-refractivity contribution in [3.05, 3.63) is 28.3 Å². The number of carbonyl (C=O) groups is 3. The number of methoxy groups -OCH3 is 1. The van der Waals surface area contributed by atoms with Crippen LogP contribution in [0, 0.1) is 0 Å². The van der Waals surface area contributed by atoms with E-state index in [1.165, 1.54) is 33.2 Å². The highest BCUT2D eigenvalue weighted by atomic mass is 16.6. The van der Waals surface area contributed by atoms with Gasteiger partial charge in [-0.3, -0.25) is 24.8 Å². The van der Waals surface area contributed by atoms with E-state index in [4.69, 9.17) is 14.2 Å². The van der Waals surface area contributed by atoms with Gasteiger partial charge >= 0.3 is 23.6 Å². The number of esters is 3. The van der Waals surface area contributed by atoms with Crippen molar-refractivity contribution in [2.75, 3.05) is 19.2 Å². The van der Waals surface area contributed by atoms with Crippen LogP contribution in [0.15, 0.2) is 17.1 Å². The molecule has 0 amide bonds. The maximum Gasteiger partial charge on any atom is 0.351 e. The molecular weight excluding hydrogens is 390 g/mol. The van der Waals surface area contributed by atoms with Crippen LogP contribution in [0.25, 0.3) is 6.08 Å². The molecule has 1 aliphatic rings. The molecule has 12 heteroatoms. The highest BCUT2D eigenvalue weighted by molar-refractivity contribution is 5.87. The zero-order chi connectivity index (χ0) is 21.6. The van der Waals surface area contributed by atoms with Gasteiger partial charge in [0.1, 0.15) is 12.7 Å². The van der Waals surface area contributed by atoms with E-state index in [1.54, 1.807) is 5.48 Å². The third-order valence-electron chi connectivity index (χ3n) is 3.90. The Kier molecular flexibility index (Phi) is 7.45. The molecule has 158 valence electrons. The highest BCUT2D eigenvalue weighted by Gasteiger charge is 2.40. The van der Waals surface area contributed by atoms with Crippen LogP contribution in [-0.2, 0) is 33.3 Å². The zero-order valence-electron chi connectivity index (χ0n) is 16.0. The molecule has 0 bridgehead atoms. The number of nitrogens with one attached hydrogen (secondary N) is 1. The van der Waals surface area contributed by atoms with E-state index in [1.807, 2.05) is 0 Å². The Morgan fingerprint density at radius 3 is 2.69 bits per heavy atom. The molecule has 0 aromatic carbocycles. The first-order valence-corrected chi connectivity index (χ1v) is 8.50. The maximum absolute atomic E-state index is 12.4. The number of ether oxygens (including phenoxy) is 4. The van der Waals surface area contributed by atoms with Crippen molar-refractivity contribution in [2.24, 2.45) is 0 Å². The highest BCUT2D eigenvalue weighted by Crippen LogP contribution is 2.31. The monoisotopic (exact) mass is 411 g/mol. The standard InChI is InChI=1S/C17H21N3O9/c1-9(21)27-8-12-6-13(28-10(2)22)16(29-12)20-7-11(4-5-14(23)26-3)15(19-25)18-17(20)24/h4-5,7,12-13,16,25H,6,8H2,1-3H3,(H,18,19,24)/t12-,13+,16+/m0/s1. The van der Waals surface area contributed by atoms with Crippen molar-refractivity contribution in [3.63, 3.8) is 0 Å². The summed E-state index contributed by atoms with van der Waals surface area (Å²) in [5, 5.41) is 9.20. The SMILES string of the molecule is COC(=O)C=Cc1cn([C@@H]2O[C@H](COC(C)=O)C[C@H]2OC(C)=O)c(=O)nc1NO. The van der Waals surface area contributed by atoms with Crippen LogP contribution < -0.4 is 11.2 Å². The number of hydrogen-bond donors (Lipinski definition) is 2. The quantitative estimate of drug-likeness (QED) is 0.270. The van der Waals surface area contributed by atoms with E-state index in [9.17, 15) is 24.4 Å². The Morgan fingerprint density at radius 1 is 1.38 bits per heavy atom. The normalized spacial score (nSPS) is 21.0. The molecule has 1 aromatic rings. The Labute approximate surface area is 165 Å². The van der Waals surface area contributed by atoms with Gasteiger partial charge in [0.25, 0.3) is 0 Å². The minimum atomic E-state index is -1.06. The average Bonchev–Trinajstić information content (AvgIpc) is 3.06. The van der Waals surface area contributed by atoms with Crippen LogP contribution in [0.3, 0.4) is 0 Å². The van der Waals surface area contributed by atoms with E-state index >= 15 is 0 Å². The third kappa shape index (κ3) is 5.86. The Morgan fingerprint density at radius 2 is 2.10 bits per heavy atom. The number of aromatic nitrogens is 2. The minimum absolute atomic E-state index is 0.0862. The van der Waals surface area contributed by atoms with Crippen LogP contribution in [0.1, 0.15) is 32.1 Å². The summed E-state index contributed by atoms with van der Waals surface area (Å²) in [6.45, 7) is 2.36. The van der Waals surface area contributed by atoms with Gasteiger partial charge in [0, 0.05) is 38.1 Å². The summed E-state index contributed by atoms with van der Waals surface area (Å²) in [6, 6.07) is 0. The van der Waals surface area contributed by atoms with Crippen LogP contribution >= 0.6 is 0 Å². The summed E-state index contributed by atoms with van der Waals surface area (Å²) in [5.74, 6) is -1.96. The lowest BCUT2D eigenvalue weighted by atomic mass is 10.2. The molecule has 0 radical (unpaired) electrons. The molecule has 0 saturated carbocycles. The first-order chi connectivity index (χ1) is 13.7. The van der Waals surface area contributed by atoms with Crippen LogP contribution in [0.2, 0.25) is 0 Å². The topological polar surface area (TPSA) is 155 Å².